The molecule has 1 unspecified atom stereocenters. The molecule has 1 amide bonds. The lowest BCUT2D eigenvalue weighted by atomic mass is 10.2. The fourth-order valence-electron chi connectivity index (χ4n) is 1.81. The number of aryl methyl sites for hydroxylation is 1. The van der Waals surface area contributed by atoms with Crippen LogP contribution < -0.4 is 15.8 Å². The molecule has 0 aliphatic rings. The summed E-state index contributed by atoms with van der Waals surface area (Å²) in [6, 6.07) is 3.72. The zero-order chi connectivity index (χ0) is 15.1. The van der Waals surface area contributed by atoms with Gasteiger partial charge in [0.25, 0.3) is 5.91 Å². The molecule has 0 aliphatic heterocycles. The molecule has 5 heteroatoms. The first-order valence-electron chi connectivity index (χ1n) is 7.07. The van der Waals surface area contributed by atoms with E-state index in [2.05, 4.69) is 24.1 Å². The fraction of sp³-hybridized carbons (Fsp3) is 0.600. The van der Waals surface area contributed by atoms with Gasteiger partial charge in [0, 0.05) is 12.2 Å². The van der Waals surface area contributed by atoms with E-state index in [1.54, 1.807) is 0 Å². The average Bonchev–Trinajstić information content (AvgIpc) is 2.37. The molecule has 0 aliphatic carbocycles. The van der Waals surface area contributed by atoms with Crippen molar-refractivity contribution in [2.75, 3.05) is 6.54 Å². The van der Waals surface area contributed by atoms with Crippen LogP contribution in [0.15, 0.2) is 12.1 Å². The Morgan fingerprint density at radius 1 is 1.45 bits per heavy atom. The molecule has 0 radical (unpaired) electrons. The Kier molecular flexibility index (Phi) is 6.45. The van der Waals surface area contributed by atoms with Crippen LogP contribution in [-0.2, 0) is 11.3 Å². The maximum atomic E-state index is 11.3. The second-order valence-corrected chi connectivity index (χ2v) is 5.34. The highest BCUT2D eigenvalue weighted by molar-refractivity contribution is 5.79. The van der Waals surface area contributed by atoms with Crippen LogP contribution in [0.25, 0.3) is 0 Å². The summed E-state index contributed by atoms with van der Waals surface area (Å²) in [6.07, 6.45) is -0.0643. The molecule has 3 N–H and O–H groups in total. The third-order valence-corrected chi connectivity index (χ3v) is 2.87. The monoisotopic (exact) mass is 279 g/mol. The highest BCUT2D eigenvalue weighted by atomic mass is 16.5. The Bertz CT molecular complexity index is 447. The number of hydrogen-bond donors (Lipinski definition) is 2. The number of amides is 1. The molecule has 0 saturated carbocycles. The van der Waals surface area contributed by atoms with Crippen LogP contribution in [0.1, 0.15) is 38.6 Å². The normalized spacial score (nSPS) is 12.4. The van der Waals surface area contributed by atoms with Crippen molar-refractivity contribution in [3.8, 4) is 5.75 Å². The number of nitrogens with zero attached hydrogens (tertiary/aromatic N) is 1. The molecule has 1 atom stereocenters. The zero-order valence-electron chi connectivity index (χ0n) is 12.8. The summed E-state index contributed by atoms with van der Waals surface area (Å²) in [5, 5.41) is 3.33. The molecule has 0 aromatic carbocycles. The maximum Gasteiger partial charge on any atom is 0.258 e. The van der Waals surface area contributed by atoms with E-state index < -0.39 is 12.0 Å². The van der Waals surface area contributed by atoms with E-state index >= 15 is 0 Å². The summed E-state index contributed by atoms with van der Waals surface area (Å²) in [5.74, 6) is 0.741. The summed E-state index contributed by atoms with van der Waals surface area (Å²) < 4.78 is 5.69. The van der Waals surface area contributed by atoms with E-state index in [4.69, 9.17) is 10.5 Å². The maximum absolute atomic E-state index is 11.3. The van der Waals surface area contributed by atoms with Crippen molar-refractivity contribution in [1.29, 1.82) is 0 Å². The number of ether oxygens (including phenoxy) is 1. The lowest BCUT2D eigenvalue weighted by Crippen LogP contribution is -2.33. The van der Waals surface area contributed by atoms with Crippen LogP contribution in [0.2, 0.25) is 0 Å². The number of nitrogens with one attached hydrogen (secondary N) is 1. The molecular weight excluding hydrogens is 254 g/mol. The van der Waals surface area contributed by atoms with E-state index in [-0.39, 0.29) is 0 Å². The third-order valence-electron chi connectivity index (χ3n) is 2.87. The number of primary amides is 1. The lowest BCUT2D eigenvalue weighted by Gasteiger charge is -2.17. The molecule has 1 rings (SSSR count). The second-order valence-electron chi connectivity index (χ2n) is 5.34. The molecule has 1 aromatic heterocycles. The van der Waals surface area contributed by atoms with E-state index in [0.717, 1.165) is 17.9 Å². The van der Waals surface area contributed by atoms with Crippen molar-refractivity contribution in [1.82, 2.24) is 10.3 Å². The van der Waals surface area contributed by atoms with Crippen LogP contribution in [0, 0.1) is 12.8 Å². The van der Waals surface area contributed by atoms with Crippen LogP contribution in [0.3, 0.4) is 0 Å². The molecule has 5 nitrogen and oxygen atoms in total. The third kappa shape index (κ3) is 5.17. The van der Waals surface area contributed by atoms with Crippen molar-refractivity contribution >= 4 is 5.91 Å². The lowest BCUT2D eigenvalue weighted by molar-refractivity contribution is -0.124. The molecule has 0 fully saturated rings. The first-order valence-corrected chi connectivity index (χ1v) is 7.07. The number of carbonyl (C=O) groups excluding carboxylic acids is 1. The Balaban J connectivity index is 2.81. The quantitative estimate of drug-likeness (QED) is 0.760. The standard InChI is InChI=1S/C15H25N3O2/c1-5-13(15(16)19)20-14-7-6-11(4)18-12(14)9-17-8-10(2)3/h6-7,10,13,17H,5,8-9H2,1-4H3,(H2,16,19). The number of rotatable bonds is 8. The molecule has 112 valence electrons. The highest BCUT2D eigenvalue weighted by Gasteiger charge is 2.17. The largest absolute Gasteiger partial charge is 0.479 e. The number of nitrogens with two attached hydrogens (primary N) is 1. The summed E-state index contributed by atoms with van der Waals surface area (Å²) >= 11 is 0. The first-order chi connectivity index (χ1) is 9.43. The second kappa shape index (κ2) is 7.85. The van der Waals surface area contributed by atoms with Crippen LogP contribution >= 0.6 is 0 Å². The van der Waals surface area contributed by atoms with Crippen molar-refractivity contribution in [3.05, 3.63) is 23.5 Å². The Morgan fingerprint density at radius 2 is 2.15 bits per heavy atom. The number of pyridine rings is 1. The van der Waals surface area contributed by atoms with Gasteiger partial charge in [-0.1, -0.05) is 20.8 Å². The predicted octanol–water partition coefficient (Wildman–Crippen LogP) is 1.78. The average molecular weight is 279 g/mol. The predicted molar refractivity (Wildman–Crippen MR) is 79.4 cm³/mol. The van der Waals surface area contributed by atoms with Gasteiger partial charge in [-0.3, -0.25) is 9.78 Å². The van der Waals surface area contributed by atoms with Crippen LogP contribution in [0.5, 0.6) is 5.75 Å². The van der Waals surface area contributed by atoms with Crippen molar-refractivity contribution in [3.63, 3.8) is 0 Å². The van der Waals surface area contributed by atoms with Crippen molar-refractivity contribution in [2.45, 2.75) is 46.8 Å². The summed E-state index contributed by atoms with van der Waals surface area (Å²) in [4.78, 5) is 15.8. The van der Waals surface area contributed by atoms with E-state index in [0.29, 0.717) is 24.6 Å². The van der Waals surface area contributed by atoms with Gasteiger partial charge < -0.3 is 15.8 Å². The van der Waals surface area contributed by atoms with Gasteiger partial charge in [-0.25, -0.2) is 0 Å². The zero-order valence-corrected chi connectivity index (χ0v) is 12.8. The molecular formula is C15H25N3O2. The van der Waals surface area contributed by atoms with Gasteiger partial charge in [0.05, 0.1) is 5.69 Å². The number of hydrogen-bond acceptors (Lipinski definition) is 4. The summed E-state index contributed by atoms with van der Waals surface area (Å²) in [5.41, 5.74) is 7.05. The van der Waals surface area contributed by atoms with Crippen molar-refractivity contribution < 1.29 is 9.53 Å². The van der Waals surface area contributed by atoms with Gasteiger partial charge in [0.1, 0.15) is 5.75 Å². The van der Waals surface area contributed by atoms with Gasteiger partial charge in [-0.2, -0.15) is 0 Å². The van der Waals surface area contributed by atoms with Gasteiger partial charge in [-0.15, -0.1) is 0 Å². The molecule has 1 aromatic rings. The van der Waals surface area contributed by atoms with Gasteiger partial charge >= 0.3 is 0 Å². The first kappa shape index (κ1) is 16.4. The molecule has 0 saturated heterocycles. The van der Waals surface area contributed by atoms with Gasteiger partial charge in [0.15, 0.2) is 6.10 Å². The van der Waals surface area contributed by atoms with Gasteiger partial charge in [-0.05, 0) is 37.9 Å². The smallest absolute Gasteiger partial charge is 0.258 e. The highest BCUT2D eigenvalue weighted by Crippen LogP contribution is 2.19. The Hall–Kier alpha value is -1.62. The molecule has 0 spiro atoms. The number of carbonyl (C=O) groups is 1. The topological polar surface area (TPSA) is 77.2 Å². The fourth-order valence-corrected chi connectivity index (χ4v) is 1.81. The molecule has 0 bridgehead atoms. The van der Waals surface area contributed by atoms with E-state index in [1.165, 1.54) is 0 Å². The Labute approximate surface area is 120 Å². The van der Waals surface area contributed by atoms with E-state index in [1.807, 2.05) is 26.0 Å². The minimum absolute atomic E-state index is 0.450. The minimum atomic E-state index is -0.608. The van der Waals surface area contributed by atoms with Crippen LogP contribution in [0.4, 0.5) is 0 Å². The SMILES string of the molecule is CCC(Oc1ccc(C)nc1CNCC(C)C)C(N)=O. The molecule has 1 heterocycles. The molecule has 20 heavy (non-hydrogen) atoms. The Morgan fingerprint density at radius 3 is 2.70 bits per heavy atom. The van der Waals surface area contributed by atoms with Gasteiger partial charge in [0.2, 0.25) is 0 Å². The summed E-state index contributed by atoms with van der Waals surface area (Å²) in [6.45, 7) is 9.61. The van der Waals surface area contributed by atoms with Crippen molar-refractivity contribution in [2.24, 2.45) is 11.7 Å². The minimum Gasteiger partial charge on any atom is -0.479 e. The van der Waals surface area contributed by atoms with E-state index in [9.17, 15) is 4.79 Å². The number of aromatic nitrogens is 1. The summed E-state index contributed by atoms with van der Waals surface area (Å²) in [7, 11) is 0. The van der Waals surface area contributed by atoms with Crippen LogP contribution in [-0.4, -0.2) is 23.5 Å².